The van der Waals surface area contributed by atoms with Gasteiger partial charge in [0, 0.05) is 25.0 Å². The zero-order valence-electron chi connectivity index (χ0n) is 17.2. The van der Waals surface area contributed by atoms with Gasteiger partial charge in [0.2, 0.25) is 0 Å². The van der Waals surface area contributed by atoms with E-state index >= 15 is 0 Å². The first-order valence-electron chi connectivity index (χ1n) is 9.13. The average molecular weight is 387 g/mol. The number of aryl methyl sites for hydroxylation is 2. The van der Waals surface area contributed by atoms with Crippen molar-refractivity contribution in [3.8, 4) is 5.75 Å². The number of carbonyl (C=O) groups is 1. The van der Waals surface area contributed by atoms with Gasteiger partial charge in [-0.15, -0.1) is 11.8 Å². The van der Waals surface area contributed by atoms with Gasteiger partial charge in [-0.1, -0.05) is 29.8 Å². The van der Waals surface area contributed by atoms with Crippen molar-refractivity contribution in [2.24, 2.45) is 0 Å². The lowest BCUT2D eigenvalue weighted by Gasteiger charge is -2.25. The number of hydrogen-bond acceptors (Lipinski definition) is 4. The largest absolute Gasteiger partial charge is 0.414 e. The molecule has 1 atom stereocenters. The van der Waals surface area contributed by atoms with Crippen LogP contribution < -0.4 is 4.74 Å². The van der Waals surface area contributed by atoms with Gasteiger partial charge in [-0.2, -0.15) is 0 Å². The number of ether oxygens (including phenoxy) is 1. The maximum Gasteiger partial charge on any atom is 0.414 e. The van der Waals surface area contributed by atoms with Gasteiger partial charge in [0.15, 0.2) is 0 Å². The van der Waals surface area contributed by atoms with Crippen LogP contribution in [0.3, 0.4) is 0 Å². The van der Waals surface area contributed by atoms with E-state index in [1.807, 2.05) is 24.8 Å². The van der Waals surface area contributed by atoms with E-state index in [0.29, 0.717) is 11.8 Å². The van der Waals surface area contributed by atoms with Crippen molar-refractivity contribution in [1.82, 2.24) is 9.80 Å². The maximum absolute atomic E-state index is 11.8. The van der Waals surface area contributed by atoms with Crippen LogP contribution in [-0.4, -0.2) is 49.8 Å². The van der Waals surface area contributed by atoms with Crippen molar-refractivity contribution >= 4 is 17.9 Å². The van der Waals surface area contributed by atoms with Crippen LogP contribution in [0, 0.1) is 13.8 Å². The Morgan fingerprint density at radius 3 is 2.26 bits per heavy atom. The molecule has 2 aromatic carbocycles. The van der Waals surface area contributed by atoms with Crippen LogP contribution >= 0.6 is 11.8 Å². The lowest BCUT2D eigenvalue weighted by molar-refractivity contribution is 0.171. The first-order valence-corrected chi connectivity index (χ1v) is 10.1. The fourth-order valence-corrected chi connectivity index (χ4v) is 3.73. The van der Waals surface area contributed by atoms with Crippen LogP contribution in [0.25, 0.3) is 0 Å². The molecule has 146 valence electrons. The summed E-state index contributed by atoms with van der Waals surface area (Å²) >= 11 is 1.89. The second-order valence-electron chi connectivity index (χ2n) is 7.22. The monoisotopic (exact) mass is 386 g/mol. The topological polar surface area (TPSA) is 32.8 Å². The predicted molar refractivity (Wildman–Crippen MR) is 114 cm³/mol. The Morgan fingerprint density at radius 2 is 1.70 bits per heavy atom. The normalized spacial score (nSPS) is 12.1. The van der Waals surface area contributed by atoms with Crippen LogP contribution in [-0.2, 0) is 0 Å². The van der Waals surface area contributed by atoms with E-state index in [1.54, 1.807) is 14.1 Å². The minimum Gasteiger partial charge on any atom is -0.410 e. The molecule has 0 spiro atoms. The molecule has 0 N–H and O–H groups in total. The molecular weight excluding hydrogens is 356 g/mol. The summed E-state index contributed by atoms with van der Waals surface area (Å²) in [6.07, 6.45) is 0.687. The number of benzene rings is 2. The zero-order valence-corrected chi connectivity index (χ0v) is 18.0. The molecule has 0 bridgehead atoms. The van der Waals surface area contributed by atoms with Crippen molar-refractivity contribution < 1.29 is 9.53 Å². The van der Waals surface area contributed by atoms with Crippen LogP contribution in [0.4, 0.5) is 4.79 Å². The molecule has 5 heteroatoms. The molecule has 2 aromatic rings. The summed E-state index contributed by atoms with van der Waals surface area (Å²) in [6.45, 7) is 4.09. The fraction of sp³-hybridized carbons (Fsp3) is 0.409. The molecule has 0 aromatic heterocycles. The van der Waals surface area contributed by atoms with Crippen molar-refractivity contribution in [3.63, 3.8) is 0 Å². The predicted octanol–water partition coefficient (Wildman–Crippen LogP) is 5.15. The number of nitrogens with zero attached hydrogens (tertiary/aromatic N) is 2. The number of rotatable bonds is 7. The standard InChI is InChI=1S/C22H30N2O2S/c1-16-7-10-19(11-8-16)27-14-13-20(23(3)4)18-9-12-21(17(2)15-18)26-22(25)24(5)6/h7-12,15,20H,13-14H2,1-6H3. The summed E-state index contributed by atoms with van der Waals surface area (Å²) < 4.78 is 5.42. The molecule has 0 aliphatic heterocycles. The highest BCUT2D eigenvalue weighted by Crippen LogP contribution is 2.30. The molecule has 0 aliphatic rings. The molecule has 0 saturated heterocycles. The molecule has 0 saturated carbocycles. The molecule has 2 rings (SSSR count). The van der Waals surface area contributed by atoms with Gasteiger partial charge in [0.05, 0.1) is 0 Å². The number of hydrogen-bond donors (Lipinski definition) is 0. The van der Waals surface area contributed by atoms with Gasteiger partial charge in [-0.25, -0.2) is 4.79 Å². The third-order valence-corrected chi connectivity index (χ3v) is 5.50. The van der Waals surface area contributed by atoms with Gasteiger partial charge < -0.3 is 14.5 Å². The molecule has 4 nitrogen and oxygen atoms in total. The lowest BCUT2D eigenvalue weighted by Crippen LogP contribution is -2.25. The molecule has 0 fully saturated rings. The van der Waals surface area contributed by atoms with Crippen molar-refractivity contribution in [2.75, 3.05) is 33.9 Å². The van der Waals surface area contributed by atoms with E-state index in [1.165, 1.54) is 20.9 Å². The zero-order chi connectivity index (χ0) is 20.0. The van der Waals surface area contributed by atoms with Crippen LogP contribution in [0.15, 0.2) is 47.4 Å². The second kappa shape index (κ2) is 9.81. The second-order valence-corrected chi connectivity index (χ2v) is 8.39. The summed E-state index contributed by atoms with van der Waals surface area (Å²) in [7, 11) is 7.58. The smallest absolute Gasteiger partial charge is 0.410 e. The SMILES string of the molecule is Cc1ccc(SCCC(c2ccc(OC(=O)N(C)C)c(C)c2)N(C)C)cc1. The van der Waals surface area contributed by atoms with Gasteiger partial charge in [0.1, 0.15) is 5.75 Å². The van der Waals surface area contributed by atoms with Gasteiger partial charge in [0.25, 0.3) is 0 Å². The van der Waals surface area contributed by atoms with E-state index in [2.05, 4.69) is 62.3 Å². The Balaban J connectivity index is 2.03. The third-order valence-electron chi connectivity index (χ3n) is 4.45. The average Bonchev–Trinajstić information content (AvgIpc) is 2.61. The van der Waals surface area contributed by atoms with E-state index in [4.69, 9.17) is 4.74 Å². The summed E-state index contributed by atoms with van der Waals surface area (Å²) in [5.41, 5.74) is 3.50. The van der Waals surface area contributed by atoms with Crippen LogP contribution in [0.2, 0.25) is 0 Å². The van der Waals surface area contributed by atoms with E-state index in [0.717, 1.165) is 17.7 Å². The molecule has 0 heterocycles. The molecule has 1 unspecified atom stereocenters. The maximum atomic E-state index is 11.8. The van der Waals surface area contributed by atoms with Gasteiger partial charge in [-0.05, 0) is 69.4 Å². The Labute approximate surface area is 167 Å². The Morgan fingerprint density at radius 1 is 1.04 bits per heavy atom. The molecule has 0 radical (unpaired) electrons. The molecule has 1 amide bonds. The summed E-state index contributed by atoms with van der Waals surface area (Å²) in [6, 6.07) is 15.1. The summed E-state index contributed by atoms with van der Waals surface area (Å²) in [5, 5.41) is 0. The Kier molecular flexibility index (Phi) is 7.75. The summed E-state index contributed by atoms with van der Waals surface area (Å²) in [4.78, 5) is 16.8. The highest BCUT2D eigenvalue weighted by molar-refractivity contribution is 7.99. The molecule has 0 aliphatic carbocycles. The Bertz CT molecular complexity index is 757. The van der Waals surface area contributed by atoms with Gasteiger partial charge >= 0.3 is 6.09 Å². The Hall–Kier alpha value is -1.98. The minimum atomic E-state index is -0.357. The fourth-order valence-electron chi connectivity index (χ4n) is 2.83. The third kappa shape index (κ3) is 6.29. The van der Waals surface area contributed by atoms with E-state index in [-0.39, 0.29) is 6.09 Å². The number of amides is 1. The van der Waals surface area contributed by atoms with Crippen LogP contribution in [0.1, 0.15) is 29.2 Å². The van der Waals surface area contributed by atoms with Crippen molar-refractivity contribution in [3.05, 3.63) is 59.2 Å². The van der Waals surface area contributed by atoms with Crippen molar-refractivity contribution in [2.45, 2.75) is 31.2 Å². The minimum absolute atomic E-state index is 0.320. The lowest BCUT2D eigenvalue weighted by atomic mass is 10.0. The number of thioether (sulfide) groups is 1. The first-order chi connectivity index (χ1) is 12.8. The highest BCUT2D eigenvalue weighted by Gasteiger charge is 2.16. The van der Waals surface area contributed by atoms with Crippen LogP contribution in [0.5, 0.6) is 5.75 Å². The number of carbonyl (C=O) groups excluding carboxylic acids is 1. The van der Waals surface area contributed by atoms with Gasteiger partial charge in [-0.3, -0.25) is 0 Å². The molecule has 27 heavy (non-hydrogen) atoms. The summed E-state index contributed by atoms with van der Waals surface area (Å²) in [5.74, 6) is 1.66. The molecular formula is C22H30N2O2S. The van der Waals surface area contributed by atoms with E-state index in [9.17, 15) is 4.79 Å². The quantitative estimate of drug-likeness (QED) is 0.616. The first kappa shape index (κ1) is 21.3. The van der Waals surface area contributed by atoms with Crippen molar-refractivity contribution in [1.29, 1.82) is 0 Å². The van der Waals surface area contributed by atoms with E-state index < -0.39 is 0 Å². The highest BCUT2D eigenvalue weighted by atomic mass is 32.2.